The summed E-state index contributed by atoms with van der Waals surface area (Å²) in [5.74, 6) is -0.257. The van der Waals surface area contributed by atoms with Crippen LogP contribution in [0.2, 0.25) is 0 Å². The Morgan fingerprint density at radius 3 is 2.00 bits per heavy atom. The van der Waals surface area contributed by atoms with Crippen LogP contribution in [0.1, 0.15) is 0 Å². The van der Waals surface area contributed by atoms with Crippen molar-refractivity contribution in [3.8, 4) is 0 Å². The molecule has 0 atom stereocenters. The van der Waals surface area contributed by atoms with Crippen LogP contribution >= 0.6 is 0 Å². The minimum atomic E-state index is -0.257. The predicted molar refractivity (Wildman–Crippen MR) is 27.8 cm³/mol. The van der Waals surface area contributed by atoms with Crippen molar-refractivity contribution in [2.24, 2.45) is 5.92 Å². The van der Waals surface area contributed by atoms with E-state index >= 15 is 0 Å². The molecule has 0 spiro atoms. The van der Waals surface area contributed by atoms with E-state index in [-0.39, 0.29) is 25.7 Å². The van der Waals surface area contributed by atoms with Crippen LogP contribution in [0.3, 0.4) is 0 Å². The summed E-state index contributed by atoms with van der Waals surface area (Å²) in [6.45, 7) is 0.0114. The molecule has 4 nitrogen and oxygen atoms in total. The number of hydroxylamine groups is 1. The molecule has 4 heteroatoms. The van der Waals surface area contributed by atoms with Gasteiger partial charge in [0.15, 0.2) is 0 Å². The van der Waals surface area contributed by atoms with Gasteiger partial charge in [-0.3, -0.25) is 0 Å². The first-order chi connectivity index (χ1) is 3.85. The number of rotatable bonds is 4. The molecule has 0 saturated heterocycles. The maximum Gasteiger partial charge on any atom is 0.0825 e. The summed E-state index contributed by atoms with van der Waals surface area (Å²) in [6, 6.07) is 0. The average molecular weight is 121 g/mol. The topological polar surface area (TPSA) is 80.1 Å². The van der Waals surface area contributed by atoms with Crippen molar-refractivity contribution < 1.29 is 15.7 Å². The molecule has 0 aromatic carbocycles. The van der Waals surface area contributed by atoms with Crippen molar-refractivity contribution in [3.05, 3.63) is 5.21 Å². The fourth-order valence-electron chi connectivity index (χ4n) is 0.343. The summed E-state index contributed by atoms with van der Waals surface area (Å²) in [4.78, 5) is 0. The van der Waals surface area contributed by atoms with Gasteiger partial charge in [-0.1, -0.05) is 0 Å². The Morgan fingerprint density at radius 1 is 1.38 bits per heavy atom. The molecular formula is C4H11NO3. The Hall–Kier alpha value is -0.160. The lowest BCUT2D eigenvalue weighted by atomic mass is 10.2. The maximum absolute atomic E-state index is 9.71. The summed E-state index contributed by atoms with van der Waals surface area (Å²) in [6.07, 6.45) is 0. The zero-order valence-electron chi connectivity index (χ0n) is 4.58. The predicted octanol–water partition coefficient (Wildman–Crippen LogP) is -2.35. The van der Waals surface area contributed by atoms with Crippen LogP contribution in [0.4, 0.5) is 0 Å². The van der Waals surface area contributed by atoms with E-state index in [1.165, 1.54) is 0 Å². The van der Waals surface area contributed by atoms with Gasteiger partial charge in [0.1, 0.15) is 0 Å². The summed E-state index contributed by atoms with van der Waals surface area (Å²) in [5, 5.41) is 26.4. The molecule has 0 heterocycles. The zero-order chi connectivity index (χ0) is 6.41. The van der Waals surface area contributed by atoms with E-state index in [2.05, 4.69) is 0 Å². The van der Waals surface area contributed by atoms with Gasteiger partial charge in [0.05, 0.1) is 25.7 Å². The Morgan fingerprint density at radius 2 is 1.88 bits per heavy atom. The van der Waals surface area contributed by atoms with Crippen LogP contribution in [0.25, 0.3) is 0 Å². The molecule has 0 bridgehead atoms. The quantitative estimate of drug-likeness (QED) is 0.364. The van der Waals surface area contributed by atoms with Crippen LogP contribution in [-0.4, -0.2) is 30.0 Å². The molecule has 0 saturated carbocycles. The van der Waals surface area contributed by atoms with Crippen molar-refractivity contribution in [3.63, 3.8) is 0 Å². The minimum absolute atomic E-state index is 0.116. The summed E-state index contributed by atoms with van der Waals surface area (Å²) in [5.41, 5.74) is 0.692. The second kappa shape index (κ2) is 4.99. The Balaban J connectivity index is 3.07. The van der Waals surface area contributed by atoms with E-state index in [1.54, 1.807) is 0 Å². The first kappa shape index (κ1) is 7.84. The number of aliphatic hydroxyl groups is 2. The number of nitrogens with two attached hydrogens (primary N) is 1. The third-order valence-electron chi connectivity index (χ3n) is 0.946. The molecule has 0 unspecified atom stereocenters. The molecule has 0 aliphatic heterocycles. The monoisotopic (exact) mass is 121 g/mol. The van der Waals surface area contributed by atoms with Crippen LogP contribution in [0.15, 0.2) is 0 Å². The highest BCUT2D eigenvalue weighted by Crippen LogP contribution is 1.85. The second-order valence-corrected chi connectivity index (χ2v) is 1.63. The second-order valence-electron chi connectivity index (χ2n) is 1.63. The normalized spacial score (nSPS) is 10.5. The van der Waals surface area contributed by atoms with Crippen molar-refractivity contribution in [2.45, 2.75) is 0 Å². The standard InChI is InChI=1S/C4H11NO3/c6-2-4(3-7)1-5-8/h4,6-7H,1-3,5H2. The lowest BCUT2D eigenvalue weighted by Gasteiger charge is -2.08. The zero-order valence-corrected chi connectivity index (χ0v) is 4.58. The summed E-state index contributed by atoms with van der Waals surface area (Å²) in [7, 11) is 0. The van der Waals surface area contributed by atoms with E-state index in [0.29, 0.717) is 5.48 Å². The van der Waals surface area contributed by atoms with Crippen molar-refractivity contribution >= 4 is 0 Å². The fraction of sp³-hybridized carbons (Fsp3) is 1.00. The van der Waals surface area contributed by atoms with E-state index in [0.717, 1.165) is 0 Å². The molecular weight excluding hydrogens is 110 g/mol. The minimum Gasteiger partial charge on any atom is -0.636 e. The molecule has 0 rings (SSSR count). The van der Waals surface area contributed by atoms with Gasteiger partial charge in [-0.25, -0.2) is 0 Å². The molecule has 0 aromatic rings. The Bertz CT molecular complexity index is 46.5. The molecule has 4 N–H and O–H groups in total. The SMILES string of the molecule is [O-][NH2+]CC(CO)CO. The number of quaternary nitrogens is 1. The smallest absolute Gasteiger partial charge is 0.0825 e. The molecule has 8 heavy (non-hydrogen) atoms. The third-order valence-corrected chi connectivity index (χ3v) is 0.946. The number of hydrogen-bond acceptors (Lipinski definition) is 3. The van der Waals surface area contributed by atoms with Gasteiger partial charge in [-0.2, -0.15) is 0 Å². The van der Waals surface area contributed by atoms with Gasteiger partial charge in [0.25, 0.3) is 0 Å². The van der Waals surface area contributed by atoms with Crippen LogP contribution < -0.4 is 5.48 Å². The maximum atomic E-state index is 9.71. The lowest BCUT2D eigenvalue weighted by molar-refractivity contribution is -0.596. The molecule has 50 valence electrons. The van der Waals surface area contributed by atoms with Crippen molar-refractivity contribution in [1.82, 2.24) is 0 Å². The summed E-state index contributed by atoms with van der Waals surface area (Å²) >= 11 is 0. The van der Waals surface area contributed by atoms with Crippen molar-refractivity contribution in [2.75, 3.05) is 19.8 Å². The largest absolute Gasteiger partial charge is 0.636 e. The van der Waals surface area contributed by atoms with Crippen molar-refractivity contribution in [1.29, 1.82) is 0 Å². The van der Waals surface area contributed by atoms with Crippen LogP contribution in [-0.2, 0) is 0 Å². The van der Waals surface area contributed by atoms with Gasteiger partial charge >= 0.3 is 0 Å². The fourth-order valence-corrected chi connectivity index (χ4v) is 0.343. The molecule has 0 radical (unpaired) electrons. The summed E-state index contributed by atoms with van der Waals surface area (Å²) < 4.78 is 0. The van der Waals surface area contributed by atoms with Gasteiger partial charge in [0, 0.05) is 0 Å². The first-order valence-corrected chi connectivity index (χ1v) is 2.50. The Kier molecular flexibility index (Phi) is 4.89. The first-order valence-electron chi connectivity index (χ1n) is 2.50. The van der Waals surface area contributed by atoms with E-state index in [9.17, 15) is 5.21 Å². The molecule has 0 aliphatic carbocycles. The highest BCUT2D eigenvalue weighted by atomic mass is 16.5. The van der Waals surface area contributed by atoms with Crippen LogP contribution in [0, 0.1) is 11.1 Å². The highest BCUT2D eigenvalue weighted by Gasteiger charge is 2.03. The van der Waals surface area contributed by atoms with Gasteiger partial charge in [-0.05, 0) is 0 Å². The molecule has 0 fully saturated rings. The van der Waals surface area contributed by atoms with E-state index < -0.39 is 0 Å². The van der Waals surface area contributed by atoms with Gasteiger partial charge < -0.3 is 20.9 Å². The third kappa shape index (κ3) is 2.92. The van der Waals surface area contributed by atoms with Crippen LogP contribution in [0.5, 0.6) is 0 Å². The molecule has 0 amide bonds. The lowest BCUT2D eigenvalue weighted by Crippen LogP contribution is -2.79. The Labute approximate surface area is 47.7 Å². The van der Waals surface area contributed by atoms with Gasteiger partial charge in [-0.15, -0.1) is 0 Å². The average Bonchev–Trinajstić information content (AvgIpc) is 1.83. The number of aliphatic hydroxyl groups excluding tert-OH is 2. The van der Waals surface area contributed by atoms with Gasteiger partial charge in [0.2, 0.25) is 0 Å². The highest BCUT2D eigenvalue weighted by molar-refractivity contribution is 4.49. The van der Waals surface area contributed by atoms with E-state index in [1.807, 2.05) is 0 Å². The molecule has 0 aromatic heterocycles. The molecule has 0 aliphatic rings. The number of hydrogen-bond donors (Lipinski definition) is 3. The van der Waals surface area contributed by atoms with E-state index in [4.69, 9.17) is 10.2 Å².